The Morgan fingerprint density at radius 1 is 0.353 bits per heavy atom. The maximum Gasteiger partial charge on any atom is 0.607 e. The van der Waals surface area contributed by atoms with Crippen LogP contribution in [0.3, 0.4) is 0 Å². The standard InChI is InChI=1S/C9H9BF18O3Si3/c1-32(4(11,12)13,5(14,15)16)29-10(30-33(2,6(17,18)19)7(20,21)22)31-34(3,8(23,24)25)9(26,27)28/h1-3H3. The summed E-state index contributed by atoms with van der Waals surface area (Å²) in [5.74, 6) is -40.3. The van der Waals surface area contributed by atoms with Crippen LogP contribution < -0.4 is 0 Å². The predicted molar refractivity (Wildman–Crippen MR) is 80.2 cm³/mol. The first-order chi connectivity index (χ1) is 14.3. The summed E-state index contributed by atoms with van der Waals surface area (Å²) in [6.45, 7) is -2.98. The fourth-order valence-electron chi connectivity index (χ4n) is 1.53. The van der Waals surface area contributed by atoms with Crippen LogP contribution in [0.1, 0.15) is 0 Å². The molecule has 0 heterocycles. The maximum atomic E-state index is 13.0. The largest absolute Gasteiger partial charge is 0.607 e. The van der Waals surface area contributed by atoms with Crippen molar-refractivity contribution in [2.24, 2.45) is 0 Å². The van der Waals surface area contributed by atoms with Crippen molar-refractivity contribution in [3.05, 3.63) is 0 Å². The van der Waals surface area contributed by atoms with Crippen molar-refractivity contribution in [1.82, 2.24) is 0 Å². The molecule has 0 aromatic rings. The Hall–Kier alpha value is -0.664. The number of hydrogen-bond donors (Lipinski definition) is 0. The summed E-state index contributed by atoms with van der Waals surface area (Å²) in [7, 11) is -28.5. The molecule has 0 spiro atoms. The first kappa shape index (κ1) is 33.3. The highest BCUT2D eigenvalue weighted by molar-refractivity contribution is 6.88. The highest BCUT2D eigenvalue weighted by atomic mass is 28.4. The highest BCUT2D eigenvalue weighted by Crippen LogP contribution is 2.48. The lowest BCUT2D eigenvalue weighted by Crippen LogP contribution is -2.72. The predicted octanol–water partition coefficient (Wildman–Crippen LogP) is 6.36. The van der Waals surface area contributed by atoms with E-state index >= 15 is 0 Å². The number of alkyl halides is 18. The lowest BCUT2D eigenvalue weighted by atomic mass is 10.3. The van der Waals surface area contributed by atoms with Gasteiger partial charge in [-0.05, 0) is 19.6 Å². The van der Waals surface area contributed by atoms with Crippen LogP contribution in [-0.2, 0) is 13.0 Å². The molecule has 3 nitrogen and oxygen atoms in total. The zero-order valence-electron chi connectivity index (χ0n) is 16.1. The van der Waals surface area contributed by atoms with Gasteiger partial charge >= 0.3 is 67.1 Å². The van der Waals surface area contributed by atoms with Crippen LogP contribution in [0.2, 0.25) is 19.6 Å². The molecule has 0 bridgehead atoms. The molecule has 34 heavy (non-hydrogen) atoms. The molecule has 0 unspecified atom stereocenters. The Bertz CT molecular complexity index is 569. The van der Waals surface area contributed by atoms with Crippen molar-refractivity contribution in [3.63, 3.8) is 0 Å². The van der Waals surface area contributed by atoms with Gasteiger partial charge in [-0.1, -0.05) is 0 Å². The van der Waals surface area contributed by atoms with E-state index in [0.29, 0.717) is 0 Å². The molecule has 0 aromatic carbocycles. The van der Waals surface area contributed by atoms with E-state index in [9.17, 15) is 79.0 Å². The molecule has 0 saturated carbocycles. The minimum atomic E-state index is -7.83. The summed E-state index contributed by atoms with van der Waals surface area (Å²) in [6, 6.07) is 0. The monoisotopic (exact) mass is 602 g/mol. The molecular formula is C9H9BF18O3Si3. The fraction of sp³-hybridized carbons (Fsp3) is 1.00. The zero-order valence-corrected chi connectivity index (χ0v) is 19.1. The van der Waals surface area contributed by atoms with Crippen molar-refractivity contribution >= 4 is 32.3 Å². The molecule has 0 aliphatic rings. The Balaban J connectivity index is 7.06. The van der Waals surface area contributed by atoms with E-state index in [4.69, 9.17) is 0 Å². The van der Waals surface area contributed by atoms with Gasteiger partial charge in [0, 0.05) is 0 Å². The molecule has 0 amide bonds. The average molecular weight is 602 g/mol. The third-order valence-corrected chi connectivity index (χ3v) is 12.7. The molecule has 0 aromatic heterocycles. The average Bonchev–Trinajstić information content (AvgIpc) is 2.47. The molecule has 0 saturated heterocycles. The van der Waals surface area contributed by atoms with E-state index in [1.165, 1.54) is 0 Å². The third-order valence-electron chi connectivity index (χ3n) is 4.24. The Morgan fingerprint density at radius 3 is 0.559 bits per heavy atom. The van der Waals surface area contributed by atoms with Crippen molar-refractivity contribution < 1.29 is 92.1 Å². The number of rotatable bonds is 6. The van der Waals surface area contributed by atoms with Crippen molar-refractivity contribution in [1.29, 1.82) is 0 Å². The van der Waals surface area contributed by atoms with Gasteiger partial charge in [0.05, 0.1) is 0 Å². The van der Waals surface area contributed by atoms with E-state index in [2.05, 4.69) is 13.0 Å². The first-order valence-corrected chi connectivity index (χ1v) is 14.9. The van der Waals surface area contributed by atoms with Crippen LogP contribution in [0.4, 0.5) is 79.0 Å². The first-order valence-electron chi connectivity index (χ1n) is 7.72. The summed E-state index contributed by atoms with van der Waals surface area (Å²) >= 11 is 0. The zero-order chi connectivity index (χ0) is 28.2. The summed E-state index contributed by atoms with van der Waals surface area (Å²) in [6.07, 6.45) is 0. The van der Waals surface area contributed by atoms with Gasteiger partial charge in [0.2, 0.25) is 0 Å². The molecule has 204 valence electrons. The Morgan fingerprint density at radius 2 is 0.471 bits per heavy atom. The van der Waals surface area contributed by atoms with E-state index in [1.54, 1.807) is 0 Å². The molecule has 0 atom stereocenters. The van der Waals surface area contributed by atoms with Crippen LogP contribution in [-0.4, -0.2) is 67.1 Å². The SMILES string of the molecule is C[Si](OB(O[Si](C)(C(F)(F)F)C(F)(F)F)O[Si](C)(C(F)(F)F)C(F)(F)F)(C(F)(F)F)C(F)(F)F. The summed E-state index contributed by atoms with van der Waals surface area (Å²) < 4.78 is 243. The van der Waals surface area contributed by atoms with Crippen LogP contribution >= 0.6 is 0 Å². The quantitative estimate of drug-likeness (QED) is 0.262. The van der Waals surface area contributed by atoms with Gasteiger partial charge in [-0.15, -0.1) is 0 Å². The Kier molecular flexibility index (Phi) is 8.84. The minimum absolute atomic E-state index is 0.993. The third kappa shape index (κ3) is 6.18. The highest BCUT2D eigenvalue weighted by Gasteiger charge is 2.81. The second kappa shape index (κ2) is 9.02. The van der Waals surface area contributed by atoms with Crippen LogP contribution in [0.25, 0.3) is 0 Å². The molecule has 0 aliphatic carbocycles. The normalized spacial score (nSPS) is 16.1. The molecule has 0 fully saturated rings. The molecule has 0 aliphatic heterocycles. The summed E-state index contributed by atoms with van der Waals surface area (Å²) in [5, 5.41) is 0. The van der Waals surface area contributed by atoms with Crippen LogP contribution in [0.5, 0.6) is 0 Å². The van der Waals surface area contributed by atoms with E-state index in [-0.39, 0.29) is 0 Å². The molecule has 0 rings (SSSR count). The van der Waals surface area contributed by atoms with Crippen LogP contribution in [0, 0.1) is 0 Å². The fourth-order valence-corrected chi connectivity index (χ4v) is 5.03. The molecular weight excluding hydrogens is 593 g/mol. The van der Waals surface area contributed by atoms with Gasteiger partial charge in [-0.2, -0.15) is 79.0 Å². The van der Waals surface area contributed by atoms with Crippen molar-refractivity contribution in [2.75, 3.05) is 0 Å². The van der Waals surface area contributed by atoms with E-state index in [1.807, 2.05) is 0 Å². The van der Waals surface area contributed by atoms with Crippen molar-refractivity contribution in [2.45, 2.75) is 54.4 Å². The lowest BCUT2D eigenvalue weighted by molar-refractivity contribution is -0.141. The second-order valence-corrected chi connectivity index (χ2v) is 17.0. The lowest BCUT2D eigenvalue weighted by Gasteiger charge is -2.40. The maximum absolute atomic E-state index is 13.0. The van der Waals surface area contributed by atoms with Gasteiger partial charge in [0.15, 0.2) is 0 Å². The van der Waals surface area contributed by atoms with Crippen LogP contribution in [0.15, 0.2) is 0 Å². The van der Waals surface area contributed by atoms with Crippen molar-refractivity contribution in [3.8, 4) is 0 Å². The van der Waals surface area contributed by atoms with Gasteiger partial charge in [0.25, 0.3) is 0 Å². The molecule has 0 N–H and O–H groups in total. The summed E-state index contributed by atoms with van der Waals surface area (Å²) in [5.41, 5.74) is 0. The number of halogens is 18. The second-order valence-electron chi connectivity index (χ2n) is 6.73. The minimum Gasteiger partial charge on any atom is -0.416 e. The van der Waals surface area contributed by atoms with Gasteiger partial charge in [-0.25, -0.2) is 0 Å². The molecule has 25 heteroatoms. The smallest absolute Gasteiger partial charge is 0.416 e. The Labute approximate surface area is 179 Å². The van der Waals surface area contributed by atoms with E-state index < -0.39 is 86.7 Å². The van der Waals surface area contributed by atoms with Gasteiger partial charge < -0.3 is 13.0 Å². The van der Waals surface area contributed by atoms with Gasteiger partial charge in [0.1, 0.15) is 0 Å². The van der Waals surface area contributed by atoms with Gasteiger partial charge in [-0.3, -0.25) is 0 Å². The summed E-state index contributed by atoms with van der Waals surface area (Å²) in [4.78, 5) is 0. The van der Waals surface area contributed by atoms with E-state index in [0.717, 1.165) is 0 Å². The molecule has 0 radical (unpaired) electrons. The number of hydrogen-bond acceptors (Lipinski definition) is 3. The topological polar surface area (TPSA) is 27.7 Å².